The van der Waals surface area contributed by atoms with Gasteiger partial charge in [0.1, 0.15) is 5.54 Å². The zero-order valence-electron chi connectivity index (χ0n) is 13.0. The number of nitrogens with one attached hydrogen (secondary N) is 1. The summed E-state index contributed by atoms with van der Waals surface area (Å²) in [6, 6.07) is 3.88. The fourth-order valence-corrected chi connectivity index (χ4v) is 3.46. The summed E-state index contributed by atoms with van der Waals surface area (Å²) < 4.78 is 5.26. The van der Waals surface area contributed by atoms with Gasteiger partial charge in [0.15, 0.2) is 0 Å². The van der Waals surface area contributed by atoms with Crippen LogP contribution in [-0.4, -0.2) is 49.3 Å². The van der Waals surface area contributed by atoms with Gasteiger partial charge in [0.25, 0.3) is 0 Å². The summed E-state index contributed by atoms with van der Waals surface area (Å²) in [5.74, 6) is 0. The molecule has 1 N–H and O–H groups in total. The molecule has 114 valence electrons. The summed E-state index contributed by atoms with van der Waals surface area (Å²) in [5.41, 5.74) is -0.293. The van der Waals surface area contributed by atoms with Gasteiger partial charge in [0, 0.05) is 25.7 Å². The van der Waals surface area contributed by atoms with Crippen LogP contribution in [0.2, 0.25) is 0 Å². The number of methoxy groups -OCH3 is 1. The van der Waals surface area contributed by atoms with Crippen LogP contribution in [0.15, 0.2) is 0 Å². The van der Waals surface area contributed by atoms with Crippen molar-refractivity contribution in [3.05, 3.63) is 0 Å². The molecule has 4 nitrogen and oxygen atoms in total. The number of hydrogen-bond donors (Lipinski definition) is 1. The third-order valence-corrected chi connectivity index (χ3v) is 4.69. The molecule has 0 aliphatic heterocycles. The SMILES string of the molecule is CCCNC1(C#N)CCCC(N(CCOC)C2CC2)C1. The molecule has 20 heavy (non-hydrogen) atoms. The smallest absolute Gasteiger partial charge is 0.108 e. The van der Waals surface area contributed by atoms with Crippen LogP contribution in [0.5, 0.6) is 0 Å². The fourth-order valence-electron chi connectivity index (χ4n) is 3.46. The van der Waals surface area contributed by atoms with Crippen molar-refractivity contribution in [3.63, 3.8) is 0 Å². The summed E-state index contributed by atoms with van der Waals surface area (Å²) in [4.78, 5) is 2.61. The molecule has 2 aliphatic rings. The number of nitriles is 1. The molecule has 4 heteroatoms. The van der Waals surface area contributed by atoms with Gasteiger partial charge in [-0.25, -0.2) is 0 Å². The van der Waals surface area contributed by atoms with Gasteiger partial charge in [0.2, 0.25) is 0 Å². The minimum atomic E-state index is -0.293. The number of nitrogens with zero attached hydrogens (tertiary/aromatic N) is 2. The molecule has 0 aromatic carbocycles. The Bertz CT molecular complexity index is 337. The molecule has 0 saturated heterocycles. The molecule has 0 aromatic heterocycles. The van der Waals surface area contributed by atoms with Crippen molar-refractivity contribution in [2.24, 2.45) is 0 Å². The highest BCUT2D eigenvalue weighted by Gasteiger charge is 2.41. The van der Waals surface area contributed by atoms with Gasteiger partial charge < -0.3 is 4.74 Å². The zero-order chi connectivity index (χ0) is 14.4. The van der Waals surface area contributed by atoms with Gasteiger partial charge in [-0.3, -0.25) is 10.2 Å². The van der Waals surface area contributed by atoms with Gasteiger partial charge in [-0.1, -0.05) is 6.92 Å². The second-order valence-corrected chi connectivity index (χ2v) is 6.33. The second-order valence-electron chi connectivity index (χ2n) is 6.33. The number of hydrogen-bond acceptors (Lipinski definition) is 4. The van der Waals surface area contributed by atoms with E-state index >= 15 is 0 Å². The van der Waals surface area contributed by atoms with Gasteiger partial charge >= 0.3 is 0 Å². The van der Waals surface area contributed by atoms with Crippen molar-refractivity contribution in [1.82, 2.24) is 10.2 Å². The van der Waals surface area contributed by atoms with Gasteiger partial charge in [-0.05, 0) is 51.5 Å². The lowest BCUT2D eigenvalue weighted by Gasteiger charge is -2.42. The molecule has 2 atom stereocenters. The van der Waals surface area contributed by atoms with E-state index in [-0.39, 0.29) is 5.54 Å². The van der Waals surface area contributed by atoms with Crippen LogP contribution in [0.4, 0.5) is 0 Å². The summed E-state index contributed by atoms with van der Waals surface area (Å²) in [5, 5.41) is 13.2. The minimum absolute atomic E-state index is 0.293. The maximum Gasteiger partial charge on any atom is 0.108 e. The molecule has 0 radical (unpaired) electrons. The first-order valence-electron chi connectivity index (χ1n) is 8.15. The van der Waals surface area contributed by atoms with E-state index in [2.05, 4.69) is 23.2 Å². The molecule has 2 rings (SSSR count). The van der Waals surface area contributed by atoms with Crippen molar-refractivity contribution >= 4 is 0 Å². The predicted molar refractivity (Wildman–Crippen MR) is 80.5 cm³/mol. The van der Waals surface area contributed by atoms with Crippen LogP contribution >= 0.6 is 0 Å². The highest BCUT2D eigenvalue weighted by molar-refractivity contribution is 5.11. The average molecular weight is 279 g/mol. The minimum Gasteiger partial charge on any atom is -0.383 e. The first-order chi connectivity index (χ1) is 9.74. The van der Waals surface area contributed by atoms with E-state index in [4.69, 9.17) is 4.74 Å². The average Bonchev–Trinajstić information content (AvgIpc) is 3.31. The standard InChI is InChI=1S/C16H29N3O/c1-3-9-18-16(13-17)8-4-5-15(12-16)19(10-11-20-2)14-6-7-14/h14-15,18H,3-12H2,1-2H3. The highest BCUT2D eigenvalue weighted by atomic mass is 16.5. The molecule has 0 heterocycles. The monoisotopic (exact) mass is 279 g/mol. The van der Waals surface area contributed by atoms with Crippen LogP contribution < -0.4 is 5.32 Å². The molecule has 2 saturated carbocycles. The number of ether oxygens (including phenoxy) is 1. The van der Waals surface area contributed by atoms with E-state index < -0.39 is 0 Å². The van der Waals surface area contributed by atoms with Crippen LogP contribution in [0.25, 0.3) is 0 Å². The van der Waals surface area contributed by atoms with E-state index in [1.807, 2.05) is 0 Å². The predicted octanol–water partition coefficient (Wildman–Crippen LogP) is 2.30. The Labute approximate surface area is 123 Å². The molecular weight excluding hydrogens is 250 g/mol. The maximum atomic E-state index is 9.64. The van der Waals surface area contributed by atoms with Crippen LogP contribution in [0.1, 0.15) is 51.9 Å². The van der Waals surface area contributed by atoms with Crippen LogP contribution in [0, 0.1) is 11.3 Å². The molecule has 2 aliphatic carbocycles. The Hall–Kier alpha value is -0.630. The van der Waals surface area contributed by atoms with E-state index in [1.165, 1.54) is 19.3 Å². The van der Waals surface area contributed by atoms with Crippen molar-refractivity contribution in [2.45, 2.75) is 69.5 Å². The number of rotatable bonds is 8. The van der Waals surface area contributed by atoms with E-state index in [0.29, 0.717) is 6.04 Å². The first kappa shape index (κ1) is 15.8. The Kier molecular flexibility index (Phi) is 5.83. The van der Waals surface area contributed by atoms with Crippen molar-refractivity contribution in [3.8, 4) is 6.07 Å². The Morgan fingerprint density at radius 1 is 1.35 bits per heavy atom. The van der Waals surface area contributed by atoms with E-state index in [0.717, 1.165) is 51.4 Å². The molecule has 2 unspecified atom stereocenters. The summed E-state index contributed by atoms with van der Waals surface area (Å²) in [6.07, 6.45) is 8.10. The van der Waals surface area contributed by atoms with E-state index in [9.17, 15) is 5.26 Å². The van der Waals surface area contributed by atoms with Gasteiger partial charge in [-0.15, -0.1) is 0 Å². The second kappa shape index (κ2) is 7.40. The summed E-state index contributed by atoms with van der Waals surface area (Å²) in [7, 11) is 1.77. The largest absolute Gasteiger partial charge is 0.383 e. The molecule has 0 aromatic rings. The fraction of sp³-hybridized carbons (Fsp3) is 0.938. The Morgan fingerprint density at radius 2 is 2.15 bits per heavy atom. The Morgan fingerprint density at radius 3 is 2.75 bits per heavy atom. The molecule has 2 fully saturated rings. The van der Waals surface area contributed by atoms with Crippen LogP contribution in [0.3, 0.4) is 0 Å². The Balaban J connectivity index is 1.98. The highest BCUT2D eigenvalue weighted by Crippen LogP contribution is 2.36. The van der Waals surface area contributed by atoms with Crippen molar-refractivity contribution in [1.29, 1.82) is 5.26 Å². The first-order valence-corrected chi connectivity index (χ1v) is 8.15. The summed E-state index contributed by atoms with van der Waals surface area (Å²) >= 11 is 0. The summed E-state index contributed by atoms with van der Waals surface area (Å²) in [6.45, 7) is 4.92. The quantitative estimate of drug-likeness (QED) is 0.740. The lowest BCUT2D eigenvalue weighted by molar-refractivity contribution is 0.0780. The molecule has 0 bridgehead atoms. The lowest BCUT2D eigenvalue weighted by Crippen LogP contribution is -2.53. The normalized spacial score (nSPS) is 30.4. The topological polar surface area (TPSA) is 48.3 Å². The van der Waals surface area contributed by atoms with Crippen LogP contribution in [-0.2, 0) is 4.74 Å². The molecular formula is C16H29N3O. The zero-order valence-corrected chi connectivity index (χ0v) is 13.0. The maximum absolute atomic E-state index is 9.64. The van der Waals surface area contributed by atoms with Gasteiger partial charge in [0.05, 0.1) is 12.7 Å². The van der Waals surface area contributed by atoms with E-state index in [1.54, 1.807) is 7.11 Å². The third kappa shape index (κ3) is 3.94. The van der Waals surface area contributed by atoms with Gasteiger partial charge in [-0.2, -0.15) is 5.26 Å². The van der Waals surface area contributed by atoms with Crippen molar-refractivity contribution < 1.29 is 4.74 Å². The third-order valence-electron chi connectivity index (χ3n) is 4.69. The lowest BCUT2D eigenvalue weighted by atomic mass is 9.79. The molecule has 0 amide bonds. The van der Waals surface area contributed by atoms with Crippen molar-refractivity contribution in [2.75, 3.05) is 26.8 Å². The molecule has 0 spiro atoms.